The molecule has 4 heteroatoms. The Morgan fingerprint density at radius 1 is 1.33 bits per heavy atom. The summed E-state index contributed by atoms with van der Waals surface area (Å²) in [5.74, 6) is 0.719. The van der Waals surface area contributed by atoms with Gasteiger partial charge >= 0.3 is 100 Å². The molecule has 0 fully saturated rings. The van der Waals surface area contributed by atoms with Gasteiger partial charge in [0.2, 0.25) is 0 Å². The van der Waals surface area contributed by atoms with Crippen molar-refractivity contribution in [2.24, 2.45) is 0 Å². The van der Waals surface area contributed by atoms with Crippen molar-refractivity contribution in [2.75, 3.05) is 6.61 Å². The summed E-state index contributed by atoms with van der Waals surface area (Å²) in [6, 6.07) is 5.25. The number of rotatable bonds is 3. The quantitative estimate of drug-likeness (QED) is 0.701. The van der Waals surface area contributed by atoms with Gasteiger partial charge in [-0.3, -0.25) is 0 Å². The van der Waals surface area contributed by atoms with Crippen LogP contribution in [-0.4, -0.2) is 34.5 Å². The van der Waals surface area contributed by atoms with Crippen molar-refractivity contribution in [1.82, 2.24) is 0 Å². The monoisotopic (exact) mass is 212 g/mol. The van der Waals surface area contributed by atoms with Crippen LogP contribution in [0.15, 0.2) is 18.2 Å². The maximum atomic E-state index is 5.87. The van der Waals surface area contributed by atoms with E-state index in [-0.39, 0.29) is 0 Å². The number of benzene rings is 1. The molecule has 0 aliphatic rings. The molecule has 0 aromatic heterocycles. The molecule has 0 heterocycles. The molecular formula is C8H7Cl2NaO. The second-order valence-electron chi connectivity index (χ2n) is 2.42. The van der Waals surface area contributed by atoms with Crippen LogP contribution >= 0.6 is 23.2 Å². The first-order chi connectivity index (χ1) is 5.74. The molecule has 0 aliphatic carbocycles. The van der Waals surface area contributed by atoms with Crippen LogP contribution in [0.25, 0.3) is 0 Å². The molecule has 0 unspecified atom stereocenters. The van der Waals surface area contributed by atoms with E-state index in [9.17, 15) is 0 Å². The third-order valence-electron chi connectivity index (χ3n) is 1.36. The Morgan fingerprint density at radius 2 is 2.08 bits per heavy atom. The minimum absolute atomic E-state index is 0.581. The van der Waals surface area contributed by atoms with Gasteiger partial charge < -0.3 is 0 Å². The van der Waals surface area contributed by atoms with Crippen molar-refractivity contribution >= 4 is 51.1 Å². The van der Waals surface area contributed by atoms with E-state index in [1.165, 1.54) is 0 Å². The first kappa shape index (κ1) is 10.7. The predicted octanol–water partition coefficient (Wildman–Crippen LogP) is 2.96. The summed E-state index contributed by atoms with van der Waals surface area (Å²) in [5, 5.41) is 1.22. The molecule has 0 spiro atoms. The average Bonchev–Trinajstić information content (AvgIpc) is 2.03. The number of hydrogen-bond donors (Lipinski definition) is 0. The molecule has 0 bridgehead atoms. The van der Waals surface area contributed by atoms with E-state index in [1.54, 1.807) is 18.2 Å². The third kappa shape index (κ3) is 3.15. The molecule has 0 atom stereocenters. The Labute approximate surface area is 99.4 Å². The molecule has 1 aromatic carbocycles. The van der Waals surface area contributed by atoms with Crippen LogP contribution in [0.3, 0.4) is 0 Å². The van der Waals surface area contributed by atoms with Gasteiger partial charge in [0.25, 0.3) is 0 Å². The van der Waals surface area contributed by atoms with Gasteiger partial charge in [0, 0.05) is 0 Å². The van der Waals surface area contributed by atoms with Crippen LogP contribution in [0.5, 0.6) is 5.75 Å². The number of halogens is 2. The fourth-order valence-corrected chi connectivity index (χ4v) is 1.47. The summed E-state index contributed by atoms with van der Waals surface area (Å²) in [4.78, 5) is 0. The van der Waals surface area contributed by atoms with Crippen molar-refractivity contribution in [3.63, 3.8) is 0 Å². The van der Waals surface area contributed by atoms with E-state index in [0.29, 0.717) is 10.0 Å². The van der Waals surface area contributed by atoms with Crippen LogP contribution in [-0.2, 0) is 0 Å². The zero-order valence-electron chi connectivity index (χ0n) is 6.81. The molecular weight excluding hydrogens is 206 g/mol. The molecule has 0 aliphatic heterocycles. The first-order valence-electron chi connectivity index (χ1n) is 3.82. The molecule has 12 heavy (non-hydrogen) atoms. The van der Waals surface area contributed by atoms with Crippen LogP contribution in [0.4, 0.5) is 0 Å². The zero-order valence-corrected chi connectivity index (χ0v) is 10.3. The molecule has 0 saturated carbocycles. The summed E-state index contributed by atoms with van der Waals surface area (Å²) in [5.41, 5.74) is 0. The van der Waals surface area contributed by atoms with Crippen molar-refractivity contribution in [3.8, 4) is 5.75 Å². The number of ether oxygens (including phenoxy) is 1. The molecule has 0 saturated heterocycles. The summed E-state index contributed by atoms with van der Waals surface area (Å²) >= 11 is 12.7. The topological polar surface area (TPSA) is 9.23 Å². The fraction of sp³-hybridized carbons (Fsp3) is 0.250. The average molecular weight is 213 g/mol. The fourth-order valence-electron chi connectivity index (χ4n) is 0.804. The Kier molecular flexibility index (Phi) is 4.77. The van der Waals surface area contributed by atoms with Gasteiger partial charge in [-0.1, -0.05) is 0 Å². The molecule has 1 rings (SSSR count). The Bertz CT molecular complexity index is 265. The van der Waals surface area contributed by atoms with Crippen molar-refractivity contribution in [2.45, 2.75) is 3.67 Å². The van der Waals surface area contributed by atoms with Crippen LogP contribution in [0, 0.1) is 0 Å². The van der Waals surface area contributed by atoms with Gasteiger partial charge in [0.1, 0.15) is 0 Å². The summed E-state index contributed by atoms with van der Waals surface area (Å²) in [6.07, 6.45) is 0. The number of hydrogen-bond acceptors (Lipinski definition) is 1. The minimum atomic E-state index is 0.581. The predicted molar refractivity (Wildman–Crippen MR) is 52.5 cm³/mol. The van der Waals surface area contributed by atoms with Gasteiger partial charge in [0.05, 0.1) is 0 Å². The van der Waals surface area contributed by atoms with Gasteiger partial charge in [-0.2, -0.15) is 0 Å². The molecule has 1 aromatic rings. The van der Waals surface area contributed by atoms with Crippen molar-refractivity contribution in [1.29, 1.82) is 0 Å². The summed E-state index contributed by atoms with van der Waals surface area (Å²) < 4.78 is 6.50. The standard InChI is InChI=1S/C8H7Cl2O.Na/c1-2-11-8-4-3-6(9)5-7(8)10;/h3-5H,1-2H2;. The Hall–Kier alpha value is 0.600. The van der Waals surface area contributed by atoms with Crippen LogP contribution in [0.2, 0.25) is 13.7 Å². The van der Waals surface area contributed by atoms with E-state index < -0.39 is 0 Å². The molecule has 0 amide bonds. The van der Waals surface area contributed by atoms with E-state index in [1.807, 2.05) is 0 Å². The molecule has 60 valence electrons. The molecule has 1 nitrogen and oxygen atoms in total. The van der Waals surface area contributed by atoms with E-state index >= 15 is 0 Å². The maximum absolute atomic E-state index is 5.87. The SMILES string of the molecule is [Na][CH2]COc1ccc(Cl)cc1Cl. The van der Waals surface area contributed by atoms with Gasteiger partial charge in [-0.25, -0.2) is 0 Å². The van der Waals surface area contributed by atoms with Crippen molar-refractivity contribution < 1.29 is 4.74 Å². The van der Waals surface area contributed by atoms with E-state index in [4.69, 9.17) is 27.9 Å². The van der Waals surface area contributed by atoms with Crippen molar-refractivity contribution in [3.05, 3.63) is 28.2 Å². The van der Waals surface area contributed by atoms with Gasteiger partial charge in [-0.15, -0.1) is 0 Å². The van der Waals surface area contributed by atoms with Crippen LogP contribution in [0.1, 0.15) is 0 Å². The first-order valence-corrected chi connectivity index (χ1v) is 5.99. The zero-order chi connectivity index (χ0) is 8.97. The molecule has 0 N–H and O–H groups in total. The van der Waals surface area contributed by atoms with Crippen LogP contribution < -0.4 is 4.74 Å². The normalized spacial score (nSPS) is 10.0. The van der Waals surface area contributed by atoms with Gasteiger partial charge in [-0.05, 0) is 0 Å². The summed E-state index contributed by atoms with van der Waals surface area (Å²) in [6.45, 7) is 0.744. The Morgan fingerprint density at radius 3 is 2.67 bits per heavy atom. The second-order valence-corrected chi connectivity index (χ2v) is 4.27. The third-order valence-corrected chi connectivity index (χ3v) is 2.29. The van der Waals surface area contributed by atoms with E-state index in [2.05, 4.69) is 0 Å². The Balaban J connectivity index is 2.72. The molecule has 0 radical (unpaired) electrons. The second kappa shape index (κ2) is 5.36. The van der Waals surface area contributed by atoms with E-state index in [0.717, 1.165) is 44.0 Å². The van der Waals surface area contributed by atoms with Gasteiger partial charge in [0.15, 0.2) is 0 Å². The summed E-state index contributed by atoms with van der Waals surface area (Å²) in [7, 11) is 0.